The Bertz CT molecular complexity index is 170. The van der Waals surface area contributed by atoms with Crippen molar-refractivity contribution < 1.29 is 0 Å². The normalized spacial score (nSPS) is 9.56. The van der Waals surface area contributed by atoms with E-state index in [1.807, 2.05) is 0 Å². The Hall–Kier alpha value is -0.365. The molecule has 46 valence electrons. The van der Waals surface area contributed by atoms with Gasteiger partial charge in [-0.1, -0.05) is 23.2 Å². The van der Waals surface area contributed by atoms with Crippen molar-refractivity contribution in [3.8, 4) is 0 Å². The van der Waals surface area contributed by atoms with E-state index in [0.29, 0.717) is 0 Å². The molecule has 0 unspecified atom stereocenters. The van der Waals surface area contributed by atoms with Crippen molar-refractivity contribution in [1.82, 2.24) is 0 Å². The second-order valence-electron chi connectivity index (χ2n) is 2.35. The summed E-state index contributed by atoms with van der Waals surface area (Å²) in [7, 11) is 2.08. The van der Waals surface area contributed by atoms with Gasteiger partial charge in [0.15, 0.2) is 0 Å². The van der Waals surface area contributed by atoms with Gasteiger partial charge < -0.3 is 0 Å². The third kappa shape index (κ3) is 1.79. The van der Waals surface area contributed by atoms with Crippen LogP contribution in [0.25, 0.3) is 0 Å². The van der Waals surface area contributed by atoms with Gasteiger partial charge in [-0.2, -0.15) is 0 Å². The Morgan fingerprint density at radius 1 is 1.33 bits per heavy atom. The van der Waals surface area contributed by atoms with Gasteiger partial charge in [0.1, 0.15) is 7.85 Å². The maximum Gasteiger partial charge on any atom is 0.139 e. The molecule has 1 aromatic carbocycles. The molecular weight excluding hydrogens is 127 g/mol. The average molecular weight is 136 g/mol. The van der Waals surface area contributed by atoms with Gasteiger partial charge in [0.05, 0.1) is 0 Å². The van der Waals surface area contributed by atoms with Gasteiger partial charge in [-0.25, -0.2) is 0 Å². The van der Waals surface area contributed by atoms with Crippen LogP contribution in [-0.4, -0.2) is 7.85 Å². The van der Waals surface area contributed by atoms with Crippen LogP contribution in [0.15, 0.2) is 23.1 Å². The molecule has 0 amide bonds. The molecule has 1 rings (SSSR count). The van der Waals surface area contributed by atoms with Crippen LogP contribution in [0.2, 0.25) is 0 Å². The second kappa shape index (κ2) is 2.48. The Morgan fingerprint density at radius 3 is 2.44 bits per heavy atom. The highest BCUT2D eigenvalue weighted by atomic mass is 32.1. The van der Waals surface area contributed by atoms with E-state index in [-0.39, 0.29) is 0 Å². The van der Waals surface area contributed by atoms with Crippen LogP contribution in [-0.2, 0) is 0 Å². The summed E-state index contributed by atoms with van der Waals surface area (Å²) in [5, 5.41) is 0. The van der Waals surface area contributed by atoms with Crippen LogP contribution in [0.4, 0.5) is 0 Å². The lowest BCUT2D eigenvalue weighted by molar-refractivity contribution is 1.39. The largest absolute Gasteiger partial charge is 0.143 e. The Morgan fingerprint density at radius 2 is 2.00 bits per heavy atom. The number of aryl methyl sites for hydroxylation is 1. The molecule has 0 aliphatic heterocycles. The maximum absolute atomic E-state index is 4.22. The molecule has 0 atom stereocenters. The molecule has 0 aliphatic rings. The zero-order valence-corrected chi connectivity index (χ0v) is 6.57. The molecule has 9 heavy (non-hydrogen) atoms. The fraction of sp³-hybridized carbons (Fsp3) is 0.143. The summed E-state index contributed by atoms with van der Waals surface area (Å²) in [6, 6.07) is 6.24. The smallest absolute Gasteiger partial charge is 0.139 e. The zero-order chi connectivity index (χ0) is 6.85. The van der Waals surface area contributed by atoms with Crippen LogP contribution in [0.3, 0.4) is 0 Å². The van der Waals surface area contributed by atoms with E-state index < -0.39 is 0 Å². The summed E-state index contributed by atoms with van der Waals surface area (Å²) in [5.41, 5.74) is 2.56. The summed E-state index contributed by atoms with van der Waals surface area (Å²) in [6.45, 7) is 2.08. The number of thiol groups is 1. The SMILES string of the molecule is Bc1cc(C)cc(S)c1. The average Bonchev–Trinajstić information content (AvgIpc) is 1.59. The van der Waals surface area contributed by atoms with Crippen LogP contribution in [0.1, 0.15) is 5.56 Å². The van der Waals surface area contributed by atoms with Gasteiger partial charge in [-0.15, -0.1) is 12.6 Å². The summed E-state index contributed by atoms with van der Waals surface area (Å²) in [6.07, 6.45) is 0. The molecule has 0 saturated heterocycles. The van der Waals surface area contributed by atoms with E-state index in [1.54, 1.807) is 0 Å². The van der Waals surface area contributed by atoms with Gasteiger partial charge in [0.25, 0.3) is 0 Å². The molecule has 0 aliphatic carbocycles. The van der Waals surface area contributed by atoms with E-state index in [4.69, 9.17) is 0 Å². The third-order valence-electron chi connectivity index (χ3n) is 1.21. The highest BCUT2D eigenvalue weighted by Crippen LogP contribution is 2.04. The van der Waals surface area contributed by atoms with Crippen molar-refractivity contribution in [3.63, 3.8) is 0 Å². The Labute approximate surface area is 62.1 Å². The molecule has 0 bridgehead atoms. The molecule has 0 nitrogen and oxygen atoms in total. The number of hydrogen-bond acceptors (Lipinski definition) is 1. The molecule has 0 N–H and O–H groups in total. The lowest BCUT2D eigenvalue weighted by Crippen LogP contribution is -2.01. The van der Waals surface area contributed by atoms with E-state index in [1.165, 1.54) is 11.0 Å². The first-order valence-electron chi connectivity index (χ1n) is 2.96. The molecule has 0 spiro atoms. The van der Waals surface area contributed by atoms with Crippen molar-refractivity contribution in [2.45, 2.75) is 11.8 Å². The highest BCUT2D eigenvalue weighted by Gasteiger charge is 1.88. The van der Waals surface area contributed by atoms with Crippen LogP contribution < -0.4 is 5.46 Å². The van der Waals surface area contributed by atoms with Crippen LogP contribution in [0, 0.1) is 6.92 Å². The standard InChI is InChI=1S/C7H9BS/c1-5-2-6(8)4-7(9)3-5/h2-4,9H,8H2,1H3. The topological polar surface area (TPSA) is 0 Å². The summed E-state index contributed by atoms with van der Waals surface area (Å²) in [5.74, 6) is 0. The van der Waals surface area contributed by atoms with Crippen LogP contribution >= 0.6 is 12.6 Å². The minimum absolute atomic E-state index is 1.05. The molecule has 2 heteroatoms. The molecule has 0 saturated carbocycles. The molecule has 0 aromatic heterocycles. The highest BCUT2D eigenvalue weighted by molar-refractivity contribution is 7.80. The summed E-state index contributed by atoms with van der Waals surface area (Å²) >= 11 is 4.22. The molecule has 1 aromatic rings. The minimum atomic E-state index is 1.05. The molecular formula is C7H9BS. The van der Waals surface area contributed by atoms with Gasteiger partial charge in [-0.05, 0) is 13.0 Å². The van der Waals surface area contributed by atoms with Crippen molar-refractivity contribution in [3.05, 3.63) is 23.8 Å². The molecule has 0 radical (unpaired) electrons. The first-order chi connectivity index (χ1) is 4.18. The Kier molecular flexibility index (Phi) is 1.86. The molecule has 0 fully saturated rings. The third-order valence-corrected chi connectivity index (χ3v) is 1.46. The fourth-order valence-corrected chi connectivity index (χ4v) is 1.36. The van der Waals surface area contributed by atoms with E-state index >= 15 is 0 Å². The number of benzene rings is 1. The first-order valence-corrected chi connectivity index (χ1v) is 3.40. The first kappa shape index (κ1) is 6.75. The van der Waals surface area contributed by atoms with Crippen molar-refractivity contribution in [2.75, 3.05) is 0 Å². The van der Waals surface area contributed by atoms with Gasteiger partial charge >= 0.3 is 0 Å². The van der Waals surface area contributed by atoms with Gasteiger partial charge in [-0.3, -0.25) is 0 Å². The fourth-order valence-electron chi connectivity index (χ4n) is 0.951. The quantitative estimate of drug-likeness (QED) is 0.390. The van der Waals surface area contributed by atoms with Gasteiger partial charge in [0.2, 0.25) is 0 Å². The lowest BCUT2D eigenvalue weighted by Gasteiger charge is -1.96. The van der Waals surface area contributed by atoms with E-state index in [2.05, 4.69) is 45.6 Å². The van der Waals surface area contributed by atoms with Crippen LogP contribution in [0.5, 0.6) is 0 Å². The van der Waals surface area contributed by atoms with Gasteiger partial charge in [0, 0.05) is 4.90 Å². The van der Waals surface area contributed by atoms with Crippen molar-refractivity contribution in [2.24, 2.45) is 0 Å². The minimum Gasteiger partial charge on any atom is -0.143 e. The van der Waals surface area contributed by atoms with E-state index in [9.17, 15) is 0 Å². The Balaban J connectivity index is 3.17. The second-order valence-corrected chi connectivity index (χ2v) is 2.86. The number of hydrogen-bond donors (Lipinski definition) is 1. The lowest BCUT2D eigenvalue weighted by atomic mass is 9.95. The number of rotatable bonds is 0. The summed E-state index contributed by atoms with van der Waals surface area (Å²) < 4.78 is 0. The zero-order valence-electron chi connectivity index (χ0n) is 5.68. The van der Waals surface area contributed by atoms with Crippen molar-refractivity contribution >= 4 is 25.9 Å². The monoisotopic (exact) mass is 136 g/mol. The van der Waals surface area contributed by atoms with Crippen molar-refractivity contribution in [1.29, 1.82) is 0 Å². The van der Waals surface area contributed by atoms with E-state index in [0.717, 1.165) is 4.90 Å². The predicted molar refractivity (Wildman–Crippen MR) is 46.6 cm³/mol. The molecule has 0 heterocycles. The summed E-state index contributed by atoms with van der Waals surface area (Å²) in [4.78, 5) is 1.05. The maximum atomic E-state index is 4.22. The predicted octanol–water partition coefficient (Wildman–Crippen LogP) is 0.542.